The van der Waals surface area contributed by atoms with E-state index in [0.29, 0.717) is 6.54 Å². The van der Waals surface area contributed by atoms with Gasteiger partial charge in [-0.15, -0.1) is 0 Å². The van der Waals surface area contributed by atoms with Crippen LogP contribution >= 0.6 is 22.6 Å². The Labute approximate surface area is 124 Å². The number of halogens is 1. The Hall–Kier alpha value is -1.62. The van der Waals surface area contributed by atoms with Crippen molar-refractivity contribution in [3.05, 3.63) is 80.2 Å². The molecular weight excluding hydrogens is 349 g/mol. The van der Waals surface area contributed by atoms with Crippen LogP contribution in [0.2, 0.25) is 0 Å². The van der Waals surface area contributed by atoms with E-state index in [2.05, 4.69) is 46.9 Å². The topological polar surface area (TPSA) is 22.0 Å². The van der Waals surface area contributed by atoms with Crippen molar-refractivity contribution >= 4 is 33.5 Å². The maximum Gasteiger partial charge on any atom is 0.251 e. The Bertz CT molecular complexity index is 775. The zero-order valence-corrected chi connectivity index (χ0v) is 12.4. The third-order valence-corrected chi connectivity index (χ3v) is 3.87. The van der Waals surface area contributed by atoms with Crippen molar-refractivity contribution in [2.24, 2.45) is 0 Å². The molecular formula is C16H12INO. The summed E-state index contributed by atoms with van der Waals surface area (Å²) in [5.41, 5.74) is 2.16. The minimum atomic E-state index is 0.0391. The molecule has 0 saturated heterocycles. The van der Waals surface area contributed by atoms with E-state index in [0.717, 1.165) is 16.5 Å². The molecule has 1 heterocycles. The molecule has 2 aromatic carbocycles. The molecule has 0 atom stereocenters. The van der Waals surface area contributed by atoms with Crippen LogP contribution in [0.5, 0.6) is 0 Å². The number of benzene rings is 2. The van der Waals surface area contributed by atoms with Crippen LogP contribution in [0.15, 0.2) is 65.5 Å². The highest BCUT2D eigenvalue weighted by Crippen LogP contribution is 2.13. The van der Waals surface area contributed by atoms with E-state index >= 15 is 0 Å². The average Bonchev–Trinajstić information content (AvgIpc) is 2.44. The first-order chi connectivity index (χ1) is 9.24. The molecule has 0 saturated carbocycles. The second-order valence-electron chi connectivity index (χ2n) is 4.44. The molecule has 0 unspecified atom stereocenters. The molecule has 0 aliphatic heterocycles. The fourth-order valence-corrected chi connectivity index (χ4v) is 2.54. The van der Waals surface area contributed by atoms with E-state index in [1.54, 1.807) is 6.07 Å². The van der Waals surface area contributed by atoms with Gasteiger partial charge in [0.25, 0.3) is 5.56 Å². The Morgan fingerprint density at radius 3 is 2.42 bits per heavy atom. The maximum absolute atomic E-state index is 12.1. The van der Waals surface area contributed by atoms with Crippen LogP contribution in [0.4, 0.5) is 0 Å². The van der Waals surface area contributed by atoms with Crippen LogP contribution in [0.3, 0.4) is 0 Å². The molecule has 0 radical (unpaired) electrons. The summed E-state index contributed by atoms with van der Waals surface area (Å²) < 4.78 is 3.02. The van der Waals surface area contributed by atoms with Crippen molar-refractivity contribution in [1.82, 2.24) is 4.57 Å². The lowest BCUT2D eigenvalue weighted by molar-refractivity contribution is 0.794. The van der Waals surface area contributed by atoms with E-state index in [-0.39, 0.29) is 5.56 Å². The summed E-state index contributed by atoms with van der Waals surface area (Å²) in [4.78, 5) is 12.1. The Morgan fingerprint density at radius 2 is 1.63 bits per heavy atom. The third kappa shape index (κ3) is 2.56. The monoisotopic (exact) mass is 361 g/mol. The molecule has 19 heavy (non-hydrogen) atoms. The summed E-state index contributed by atoms with van der Waals surface area (Å²) in [6.07, 6.45) is 0. The van der Waals surface area contributed by atoms with Crippen LogP contribution in [0.1, 0.15) is 5.56 Å². The summed E-state index contributed by atoms with van der Waals surface area (Å²) in [6.45, 7) is 0.608. The Kier molecular flexibility index (Phi) is 3.38. The predicted octanol–water partition coefficient (Wildman–Crippen LogP) is 3.65. The second-order valence-corrected chi connectivity index (χ2v) is 5.69. The van der Waals surface area contributed by atoms with Crippen molar-refractivity contribution in [3.8, 4) is 0 Å². The lowest BCUT2D eigenvalue weighted by Crippen LogP contribution is -2.19. The van der Waals surface area contributed by atoms with Gasteiger partial charge >= 0.3 is 0 Å². The van der Waals surface area contributed by atoms with Crippen LogP contribution in [0, 0.1) is 3.57 Å². The van der Waals surface area contributed by atoms with E-state index in [9.17, 15) is 4.79 Å². The zero-order valence-electron chi connectivity index (χ0n) is 10.2. The highest BCUT2D eigenvalue weighted by atomic mass is 127. The summed E-state index contributed by atoms with van der Waals surface area (Å²) in [5.74, 6) is 0. The number of pyridine rings is 1. The number of aromatic nitrogens is 1. The number of hydrogen-bond donors (Lipinski definition) is 0. The molecule has 3 aromatic rings. The fourth-order valence-electron chi connectivity index (χ4n) is 2.18. The molecule has 1 aromatic heterocycles. The van der Waals surface area contributed by atoms with Crippen LogP contribution in [-0.4, -0.2) is 4.57 Å². The summed E-state index contributed by atoms with van der Waals surface area (Å²) >= 11 is 2.28. The van der Waals surface area contributed by atoms with Crippen LogP contribution in [0.25, 0.3) is 10.9 Å². The van der Waals surface area contributed by atoms with Gasteiger partial charge in [-0.2, -0.15) is 0 Å². The highest BCUT2D eigenvalue weighted by molar-refractivity contribution is 14.1. The Balaban J connectivity index is 2.12. The highest BCUT2D eigenvalue weighted by Gasteiger charge is 2.03. The minimum Gasteiger partial charge on any atom is -0.304 e. The number of nitrogens with zero attached hydrogens (tertiary/aromatic N) is 1. The van der Waals surface area contributed by atoms with Crippen molar-refractivity contribution in [2.75, 3.05) is 0 Å². The predicted molar refractivity (Wildman–Crippen MR) is 86.5 cm³/mol. The number of fused-ring (bicyclic) bond motifs is 1. The normalized spacial score (nSPS) is 10.8. The molecule has 0 bridgehead atoms. The van der Waals surface area contributed by atoms with Gasteiger partial charge in [-0.25, -0.2) is 0 Å². The number of para-hydroxylation sites is 1. The Morgan fingerprint density at radius 1 is 0.895 bits per heavy atom. The smallest absolute Gasteiger partial charge is 0.251 e. The molecule has 0 N–H and O–H groups in total. The molecule has 0 aliphatic carbocycles. The molecule has 0 amide bonds. The summed E-state index contributed by atoms with van der Waals surface area (Å²) in [6, 6.07) is 19.7. The van der Waals surface area contributed by atoms with Gasteiger partial charge in [0.15, 0.2) is 0 Å². The van der Waals surface area contributed by atoms with Gasteiger partial charge in [0.05, 0.1) is 12.1 Å². The van der Waals surface area contributed by atoms with Gasteiger partial charge < -0.3 is 4.57 Å². The molecule has 94 valence electrons. The zero-order chi connectivity index (χ0) is 13.2. The lowest BCUT2D eigenvalue weighted by atomic mass is 10.2. The number of hydrogen-bond acceptors (Lipinski definition) is 1. The van der Waals surface area contributed by atoms with Crippen molar-refractivity contribution < 1.29 is 0 Å². The van der Waals surface area contributed by atoms with Gasteiger partial charge in [-0.3, -0.25) is 4.79 Å². The van der Waals surface area contributed by atoms with Gasteiger partial charge in [-0.05, 0) is 57.8 Å². The van der Waals surface area contributed by atoms with E-state index in [1.807, 2.05) is 34.9 Å². The van der Waals surface area contributed by atoms with E-state index < -0.39 is 0 Å². The largest absolute Gasteiger partial charge is 0.304 e. The van der Waals surface area contributed by atoms with Crippen molar-refractivity contribution in [1.29, 1.82) is 0 Å². The average molecular weight is 361 g/mol. The van der Waals surface area contributed by atoms with Crippen molar-refractivity contribution in [3.63, 3.8) is 0 Å². The lowest BCUT2D eigenvalue weighted by Gasteiger charge is -2.10. The number of rotatable bonds is 2. The maximum atomic E-state index is 12.1. The van der Waals surface area contributed by atoms with Gasteiger partial charge in [0.2, 0.25) is 0 Å². The molecule has 3 rings (SSSR count). The first kappa shape index (κ1) is 12.4. The van der Waals surface area contributed by atoms with E-state index in [1.165, 1.54) is 3.57 Å². The molecule has 0 aliphatic rings. The van der Waals surface area contributed by atoms with Gasteiger partial charge in [-0.1, -0.05) is 30.3 Å². The minimum absolute atomic E-state index is 0.0391. The van der Waals surface area contributed by atoms with Crippen LogP contribution in [-0.2, 0) is 6.54 Å². The first-order valence-corrected chi connectivity index (χ1v) is 7.15. The quantitative estimate of drug-likeness (QED) is 0.639. The van der Waals surface area contributed by atoms with E-state index in [4.69, 9.17) is 0 Å². The summed E-state index contributed by atoms with van der Waals surface area (Å²) in [7, 11) is 0. The second kappa shape index (κ2) is 5.17. The third-order valence-electron chi connectivity index (χ3n) is 3.15. The molecule has 2 nitrogen and oxygen atoms in total. The molecule has 0 spiro atoms. The SMILES string of the molecule is O=c1ccc2ccccc2n1Cc1ccc(I)cc1. The van der Waals surface area contributed by atoms with Crippen LogP contribution < -0.4 is 5.56 Å². The standard InChI is InChI=1S/C16H12INO/c17-14-8-5-12(6-9-14)11-18-15-4-2-1-3-13(15)7-10-16(18)19/h1-10H,11H2. The van der Waals surface area contributed by atoms with Gasteiger partial charge in [0.1, 0.15) is 0 Å². The first-order valence-electron chi connectivity index (χ1n) is 6.07. The summed E-state index contributed by atoms with van der Waals surface area (Å²) in [5, 5.41) is 1.09. The fraction of sp³-hybridized carbons (Fsp3) is 0.0625. The van der Waals surface area contributed by atoms with Crippen molar-refractivity contribution in [2.45, 2.75) is 6.54 Å². The van der Waals surface area contributed by atoms with Gasteiger partial charge in [0, 0.05) is 9.64 Å². The molecule has 0 fully saturated rings. The molecule has 3 heteroatoms.